The third-order valence-corrected chi connectivity index (χ3v) is 2.80. The number of methoxy groups -OCH3 is 1. The summed E-state index contributed by atoms with van der Waals surface area (Å²) in [6.45, 7) is 7.34. The van der Waals surface area contributed by atoms with Crippen molar-refractivity contribution >= 4 is 17.5 Å². The fourth-order valence-corrected chi connectivity index (χ4v) is 1.35. The van der Waals surface area contributed by atoms with Crippen molar-refractivity contribution in [2.45, 2.75) is 34.6 Å². The number of rotatable bonds is 6. The van der Waals surface area contributed by atoms with E-state index in [0.29, 0.717) is 0 Å². The van der Waals surface area contributed by atoms with Gasteiger partial charge < -0.3 is 9.47 Å². The molecule has 0 aromatic heterocycles. The van der Waals surface area contributed by atoms with Crippen molar-refractivity contribution in [2.75, 3.05) is 20.3 Å². The summed E-state index contributed by atoms with van der Waals surface area (Å²) in [6, 6.07) is 0. The second-order valence-electron chi connectivity index (χ2n) is 5.45. The Morgan fingerprint density at radius 3 is 1.67 bits per heavy atom. The van der Waals surface area contributed by atoms with Gasteiger partial charge in [-0.3, -0.25) is 14.4 Å². The van der Waals surface area contributed by atoms with Gasteiger partial charge in [0.15, 0.2) is 0 Å². The van der Waals surface area contributed by atoms with Crippen molar-refractivity contribution in [3.8, 4) is 0 Å². The molecule has 0 aliphatic carbocycles. The summed E-state index contributed by atoms with van der Waals surface area (Å²) >= 11 is 0. The average molecular weight is 258 g/mol. The van der Waals surface area contributed by atoms with Crippen LogP contribution in [-0.2, 0) is 23.9 Å². The third kappa shape index (κ3) is 3.91. The molecule has 0 spiro atoms. The monoisotopic (exact) mass is 258 g/mol. The zero-order chi connectivity index (χ0) is 14.6. The van der Waals surface area contributed by atoms with E-state index in [0.717, 1.165) is 0 Å². The highest BCUT2D eigenvalue weighted by Crippen LogP contribution is 2.24. The van der Waals surface area contributed by atoms with Crippen molar-refractivity contribution in [1.82, 2.24) is 0 Å². The molecule has 0 saturated heterocycles. The molecule has 0 saturated carbocycles. The summed E-state index contributed by atoms with van der Waals surface area (Å²) in [4.78, 5) is 35.0. The van der Waals surface area contributed by atoms with Crippen molar-refractivity contribution in [2.24, 2.45) is 10.8 Å². The zero-order valence-electron chi connectivity index (χ0n) is 12.0. The fraction of sp³-hybridized carbons (Fsp3) is 0.769. The SMILES string of the molecule is COCC(COC(=O)C(C)(C)C)(C(C)=O)C(C)=O. The highest BCUT2D eigenvalue weighted by atomic mass is 16.5. The van der Waals surface area contributed by atoms with Crippen LogP contribution in [0.5, 0.6) is 0 Å². The van der Waals surface area contributed by atoms with Gasteiger partial charge in [-0.05, 0) is 34.6 Å². The van der Waals surface area contributed by atoms with Gasteiger partial charge >= 0.3 is 5.97 Å². The first-order chi connectivity index (χ1) is 8.08. The van der Waals surface area contributed by atoms with E-state index in [4.69, 9.17) is 9.47 Å². The van der Waals surface area contributed by atoms with Gasteiger partial charge in [-0.2, -0.15) is 0 Å². The molecule has 0 amide bonds. The maximum Gasteiger partial charge on any atom is 0.311 e. The normalized spacial score (nSPS) is 12.1. The Bertz CT molecular complexity index is 324. The van der Waals surface area contributed by atoms with Gasteiger partial charge in [-0.25, -0.2) is 0 Å². The van der Waals surface area contributed by atoms with Crippen LogP contribution in [0.25, 0.3) is 0 Å². The molecule has 0 unspecified atom stereocenters. The lowest BCUT2D eigenvalue weighted by molar-refractivity contribution is -0.162. The van der Waals surface area contributed by atoms with Crippen LogP contribution in [0.3, 0.4) is 0 Å². The van der Waals surface area contributed by atoms with E-state index in [-0.39, 0.29) is 24.8 Å². The number of carbonyl (C=O) groups is 3. The van der Waals surface area contributed by atoms with E-state index in [1.807, 2.05) is 0 Å². The minimum absolute atomic E-state index is 0.0882. The molecule has 0 N–H and O–H groups in total. The number of ether oxygens (including phenoxy) is 2. The highest BCUT2D eigenvalue weighted by Gasteiger charge is 2.43. The van der Waals surface area contributed by atoms with Gasteiger partial charge in [-0.15, -0.1) is 0 Å². The van der Waals surface area contributed by atoms with Crippen LogP contribution in [0.4, 0.5) is 0 Å². The first-order valence-electron chi connectivity index (χ1n) is 5.76. The van der Waals surface area contributed by atoms with Crippen molar-refractivity contribution < 1.29 is 23.9 Å². The minimum atomic E-state index is -1.39. The summed E-state index contributed by atoms with van der Waals surface area (Å²) in [7, 11) is 1.40. The van der Waals surface area contributed by atoms with Gasteiger partial charge in [0.2, 0.25) is 0 Å². The molecule has 0 heterocycles. The molecule has 0 atom stereocenters. The Kier molecular flexibility index (Phi) is 5.67. The number of ketones is 2. The first kappa shape index (κ1) is 16.8. The largest absolute Gasteiger partial charge is 0.464 e. The van der Waals surface area contributed by atoms with Gasteiger partial charge in [0.1, 0.15) is 23.6 Å². The Hall–Kier alpha value is -1.23. The predicted octanol–water partition coefficient (Wildman–Crippen LogP) is 1.39. The Morgan fingerprint density at radius 2 is 1.39 bits per heavy atom. The molecule has 0 rings (SSSR count). The molecule has 5 nitrogen and oxygen atoms in total. The van der Waals surface area contributed by atoms with Gasteiger partial charge in [0.25, 0.3) is 0 Å². The standard InChI is InChI=1S/C13H22O5/c1-9(14)13(7-17-6,10(2)15)8-18-11(16)12(3,4)5/h7-8H2,1-6H3. The second kappa shape index (κ2) is 6.09. The molecule has 104 valence electrons. The minimum Gasteiger partial charge on any atom is -0.464 e. The molecular formula is C13H22O5. The third-order valence-electron chi connectivity index (χ3n) is 2.80. The van der Waals surface area contributed by atoms with Crippen LogP contribution in [0.1, 0.15) is 34.6 Å². The van der Waals surface area contributed by atoms with E-state index in [2.05, 4.69) is 0 Å². The molecule has 0 bridgehead atoms. The van der Waals surface area contributed by atoms with Gasteiger partial charge in [0, 0.05) is 7.11 Å². The molecule has 0 fully saturated rings. The van der Waals surface area contributed by atoms with Crippen LogP contribution in [0.2, 0.25) is 0 Å². The smallest absolute Gasteiger partial charge is 0.311 e. The van der Waals surface area contributed by atoms with Gasteiger partial charge in [-0.1, -0.05) is 0 Å². The highest BCUT2D eigenvalue weighted by molar-refractivity contribution is 6.05. The Labute approximate surface area is 108 Å². The molecule has 0 radical (unpaired) electrons. The Morgan fingerprint density at radius 1 is 0.944 bits per heavy atom. The molecule has 0 aliphatic heterocycles. The van der Waals surface area contributed by atoms with E-state index in [9.17, 15) is 14.4 Å². The number of hydrogen-bond acceptors (Lipinski definition) is 5. The van der Waals surface area contributed by atoms with Crippen molar-refractivity contribution in [3.63, 3.8) is 0 Å². The number of Topliss-reactive ketones (excluding diaryl/α,β-unsaturated/α-hetero) is 2. The molecule has 0 aliphatic rings. The number of esters is 1. The fourth-order valence-electron chi connectivity index (χ4n) is 1.35. The topological polar surface area (TPSA) is 69.7 Å². The summed E-state index contributed by atoms with van der Waals surface area (Å²) in [6.07, 6.45) is 0. The van der Waals surface area contributed by atoms with Gasteiger partial charge in [0.05, 0.1) is 12.0 Å². The van der Waals surface area contributed by atoms with E-state index in [1.165, 1.54) is 21.0 Å². The zero-order valence-corrected chi connectivity index (χ0v) is 12.0. The van der Waals surface area contributed by atoms with Crippen molar-refractivity contribution in [3.05, 3.63) is 0 Å². The quantitative estimate of drug-likeness (QED) is 0.532. The summed E-state index contributed by atoms with van der Waals surface area (Å²) in [5, 5.41) is 0. The molecule has 18 heavy (non-hydrogen) atoms. The van der Waals surface area contributed by atoms with E-state index < -0.39 is 16.8 Å². The Balaban J connectivity index is 4.98. The summed E-state index contributed by atoms with van der Waals surface area (Å²) in [5.41, 5.74) is -2.07. The average Bonchev–Trinajstić information content (AvgIpc) is 2.21. The maximum atomic E-state index is 11.7. The lowest BCUT2D eigenvalue weighted by Crippen LogP contribution is -2.46. The summed E-state index contributed by atoms with van der Waals surface area (Å²) in [5.74, 6) is -1.18. The van der Waals surface area contributed by atoms with E-state index >= 15 is 0 Å². The molecular weight excluding hydrogens is 236 g/mol. The molecule has 5 heteroatoms. The second-order valence-corrected chi connectivity index (χ2v) is 5.45. The first-order valence-corrected chi connectivity index (χ1v) is 5.76. The van der Waals surface area contributed by atoms with Crippen LogP contribution < -0.4 is 0 Å². The lowest BCUT2D eigenvalue weighted by atomic mass is 9.81. The van der Waals surface area contributed by atoms with Crippen LogP contribution in [0, 0.1) is 10.8 Å². The predicted molar refractivity (Wildman–Crippen MR) is 66.1 cm³/mol. The van der Waals surface area contributed by atoms with Crippen LogP contribution in [-0.4, -0.2) is 37.9 Å². The number of hydrogen-bond donors (Lipinski definition) is 0. The maximum absolute atomic E-state index is 11.7. The summed E-state index contributed by atoms with van der Waals surface area (Å²) < 4.78 is 10.0. The number of carbonyl (C=O) groups excluding carboxylic acids is 3. The van der Waals surface area contributed by atoms with Crippen LogP contribution in [0.15, 0.2) is 0 Å². The van der Waals surface area contributed by atoms with E-state index in [1.54, 1.807) is 20.8 Å². The lowest BCUT2D eigenvalue weighted by Gasteiger charge is -2.28. The van der Waals surface area contributed by atoms with Crippen LogP contribution >= 0.6 is 0 Å². The molecule has 0 aromatic carbocycles. The molecule has 0 aromatic rings. The van der Waals surface area contributed by atoms with Crippen molar-refractivity contribution in [1.29, 1.82) is 0 Å².